The van der Waals surface area contributed by atoms with E-state index in [1.54, 1.807) is 11.3 Å². The Morgan fingerprint density at radius 3 is 2.85 bits per heavy atom. The molecule has 1 aliphatic heterocycles. The molecule has 0 aliphatic carbocycles. The summed E-state index contributed by atoms with van der Waals surface area (Å²) in [6, 6.07) is 6.36. The molecule has 0 spiro atoms. The molecule has 5 heteroatoms. The van der Waals surface area contributed by atoms with Crippen molar-refractivity contribution in [2.24, 2.45) is 0 Å². The first-order chi connectivity index (χ1) is 9.72. The number of aromatic nitrogens is 1. The Morgan fingerprint density at radius 1 is 1.30 bits per heavy atom. The second-order valence-corrected chi connectivity index (χ2v) is 5.83. The number of ether oxygens (including phenoxy) is 2. The molecule has 20 heavy (non-hydrogen) atoms. The highest BCUT2D eigenvalue weighted by molar-refractivity contribution is 7.09. The molecule has 1 unspecified atom stereocenters. The number of hydrogen-bond donors (Lipinski definition) is 1. The van der Waals surface area contributed by atoms with Gasteiger partial charge in [-0.15, -0.1) is 11.3 Å². The van der Waals surface area contributed by atoms with Crippen LogP contribution in [0, 0.1) is 6.92 Å². The summed E-state index contributed by atoms with van der Waals surface area (Å²) in [5.41, 5.74) is 2.28. The number of nitrogens with zero attached hydrogens (tertiary/aromatic N) is 1. The lowest BCUT2D eigenvalue weighted by atomic mass is 10.1. The third kappa shape index (κ3) is 2.94. The molecule has 2 heterocycles. The number of nitrogens with one attached hydrogen (secondary N) is 1. The molecule has 1 aliphatic rings. The summed E-state index contributed by atoms with van der Waals surface area (Å²) in [5, 5.41) is 6.68. The van der Waals surface area contributed by atoms with Gasteiger partial charge in [-0.3, -0.25) is 0 Å². The molecular formula is C15H18N2O2S. The lowest BCUT2D eigenvalue weighted by Crippen LogP contribution is -2.19. The maximum absolute atomic E-state index is 5.62. The van der Waals surface area contributed by atoms with Crippen LogP contribution in [0.3, 0.4) is 0 Å². The third-order valence-electron chi connectivity index (χ3n) is 3.29. The minimum absolute atomic E-state index is 0.245. The van der Waals surface area contributed by atoms with Crippen molar-refractivity contribution in [3.63, 3.8) is 0 Å². The minimum Gasteiger partial charge on any atom is -0.486 e. The maximum atomic E-state index is 5.62. The Kier molecular flexibility index (Phi) is 3.89. The van der Waals surface area contributed by atoms with Crippen molar-refractivity contribution in [1.82, 2.24) is 10.3 Å². The zero-order chi connectivity index (χ0) is 13.9. The Hall–Kier alpha value is -1.59. The van der Waals surface area contributed by atoms with Crippen molar-refractivity contribution in [3.05, 3.63) is 39.8 Å². The van der Waals surface area contributed by atoms with Crippen molar-refractivity contribution in [1.29, 1.82) is 0 Å². The van der Waals surface area contributed by atoms with E-state index in [1.807, 2.05) is 13.0 Å². The number of hydrogen-bond acceptors (Lipinski definition) is 5. The largest absolute Gasteiger partial charge is 0.486 e. The van der Waals surface area contributed by atoms with Gasteiger partial charge in [0.1, 0.15) is 18.2 Å². The Morgan fingerprint density at radius 2 is 2.10 bits per heavy atom. The lowest BCUT2D eigenvalue weighted by Gasteiger charge is -2.21. The SMILES string of the molecule is Cc1csc(CNC(C)c2ccc3c(c2)OCCO3)n1. The van der Waals surface area contributed by atoms with E-state index >= 15 is 0 Å². The van der Waals surface area contributed by atoms with Gasteiger partial charge in [0.2, 0.25) is 0 Å². The van der Waals surface area contributed by atoms with Gasteiger partial charge < -0.3 is 14.8 Å². The fraction of sp³-hybridized carbons (Fsp3) is 0.400. The molecule has 0 saturated carbocycles. The zero-order valence-corrected chi connectivity index (χ0v) is 12.5. The Bertz CT molecular complexity index is 597. The van der Waals surface area contributed by atoms with Gasteiger partial charge >= 0.3 is 0 Å². The summed E-state index contributed by atoms with van der Waals surface area (Å²) in [5.74, 6) is 1.68. The van der Waals surface area contributed by atoms with Gasteiger partial charge in [0.25, 0.3) is 0 Å². The molecule has 0 saturated heterocycles. The van der Waals surface area contributed by atoms with Crippen LogP contribution in [0.5, 0.6) is 11.5 Å². The van der Waals surface area contributed by atoms with Crippen molar-refractivity contribution in [3.8, 4) is 11.5 Å². The fourth-order valence-corrected chi connectivity index (χ4v) is 2.89. The van der Waals surface area contributed by atoms with Crippen LogP contribution in [-0.2, 0) is 6.54 Å². The van der Waals surface area contributed by atoms with Crippen molar-refractivity contribution in [2.75, 3.05) is 13.2 Å². The highest BCUT2D eigenvalue weighted by Crippen LogP contribution is 2.32. The van der Waals surface area contributed by atoms with Crippen LogP contribution < -0.4 is 14.8 Å². The summed E-state index contributed by atoms with van der Waals surface area (Å²) >= 11 is 1.69. The standard InChI is InChI=1S/C15H18N2O2S/c1-10-9-20-15(17-10)8-16-11(2)12-3-4-13-14(7-12)19-6-5-18-13/h3-4,7,9,11,16H,5-6,8H2,1-2H3. The molecule has 0 bridgehead atoms. The topological polar surface area (TPSA) is 43.4 Å². The number of thiazole rings is 1. The molecule has 1 aromatic heterocycles. The van der Waals surface area contributed by atoms with Crippen LogP contribution in [0.1, 0.15) is 29.2 Å². The normalized spacial score (nSPS) is 15.1. The first-order valence-corrected chi connectivity index (χ1v) is 7.64. The second-order valence-electron chi connectivity index (χ2n) is 4.89. The van der Waals surface area contributed by atoms with Gasteiger partial charge in [0.05, 0.1) is 0 Å². The first kappa shape index (κ1) is 13.4. The minimum atomic E-state index is 0.245. The van der Waals surface area contributed by atoms with Gasteiger partial charge in [-0.1, -0.05) is 6.07 Å². The first-order valence-electron chi connectivity index (χ1n) is 6.76. The van der Waals surface area contributed by atoms with Crippen molar-refractivity contribution in [2.45, 2.75) is 26.4 Å². The second kappa shape index (κ2) is 5.81. The van der Waals surface area contributed by atoms with E-state index in [0.717, 1.165) is 28.7 Å². The summed E-state index contributed by atoms with van der Waals surface area (Å²) in [7, 11) is 0. The summed E-state index contributed by atoms with van der Waals surface area (Å²) < 4.78 is 11.2. The van der Waals surface area contributed by atoms with Crippen molar-refractivity contribution < 1.29 is 9.47 Å². The fourth-order valence-electron chi connectivity index (χ4n) is 2.17. The third-order valence-corrected chi connectivity index (χ3v) is 4.26. The van der Waals surface area contributed by atoms with Crippen molar-refractivity contribution >= 4 is 11.3 Å². The predicted molar refractivity (Wildman–Crippen MR) is 79.5 cm³/mol. The van der Waals surface area contributed by atoms with E-state index in [0.29, 0.717) is 13.2 Å². The molecule has 106 valence electrons. The number of fused-ring (bicyclic) bond motifs is 1. The molecule has 0 radical (unpaired) electrons. The highest BCUT2D eigenvalue weighted by Gasteiger charge is 2.14. The van der Waals surface area contributed by atoms with Crippen LogP contribution in [0.4, 0.5) is 0 Å². The average molecular weight is 290 g/mol. The maximum Gasteiger partial charge on any atom is 0.161 e. The van der Waals surface area contributed by atoms with Gasteiger partial charge in [0, 0.05) is 23.7 Å². The molecule has 0 fully saturated rings. The number of benzene rings is 1. The predicted octanol–water partition coefficient (Wildman–Crippen LogP) is 3.07. The molecule has 3 rings (SSSR count). The van der Waals surface area contributed by atoms with Gasteiger partial charge in [-0.2, -0.15) is 0 Å². The van der Waals surface area contributed by atoms with Crippen LogP contribution in [0.15, 0.2) is 23.6 Å². The lowest BCUT2D eigenvalue weighted by molar-refractivity contribution is 0.171. The molecular weight excluding hydrogens is 272 g/mol. The van der Waals surface area contributed by atoms with Crippen LogP contribution in [0.25, 0.3) is 0 Å². The Labute approximate surface area is 122 Å². The van der Waals surface area contributed by atoms with E-state index in [9.17, 15) is 0 Å². The zero-order valence-electron chi connectivity index (χ0n) is 11.7. The van der Waals surface area contributed by atoms with Crippen LogP contribution >= 0.6 is 11.3 Å². The monoisotopic (exact) mass is 290 g/mol. The smallest absolute Gasteiger partial charge is 0.161 e. The van der Waals surface area contributed by atoms with E-state index in [4.69, 9.17) is 9.47 Å². The highest BCUT2D eigenvalue weighted by atomic mass is 32.1. The molecule has 1 atom stereocenters. The van der Waals surface area contributed by atoms with E-state index in [1.165, 1.54) is 5.56 Å². The molecule has 1 aromatic carbocycles. The number of rotatable bonds is 4. The van der Waals surface area contributed by atoms with E-state index in [-0.39, 0.29) is 6.04 Å². The van der Waals surface area contributed by atoms with Gasteiger partial charge in [0.15, 0.2) is 11.5 Å². The quantitative estimate of drug-likeness (QED) is 0.940. The summed E-state index contributed by atoms with van der Waals surface area (Å²) in [6.07, 6.45) is 0. The number of aryl methyl sites for hydroxylation is 1. The van der Waals surface area contributed by atoms with E-state index in [2.05, 4.69) is 34.7 Å². The van der Waals surface area contributed by atoms with Gasteiger partial charge in [-0.25, -0.2) is 4.98 Å². The molecule has 4 nitrogen and oxygen atoms in total. The molecule has 2 aromatic rings. The van der Waals surface area contributed by atoms with E-state index < -0.39 is 0 Å². The molecule has 1 N–H and O–H groups in total. The summed E-state index contributed by atoms with van der Waals surface area (Å²) in [6.45, 7) is 6.20. The Balaban J connectivity index is 1.66. The van der Waals surface area contributed by atoms with Crippen LogP contribution in [-0.4, -0.2) is 18.2 Å². The van der Waals surface area contributed by atoms with Crippen LogP contribution in [0.2, 0.25) is 0 Å². The molecule has 0 amide bonds. The summed E-state index contributed by atoms with van der Waals surface area (Å²) in [4.78, 5) is 4.46. The van der Waals surface area contributed by atoms with Gasteiger partial charge in [-0.05, 0) is 31.5 Å². The average Bonchev–Trinajstić information content (AvgIpc) is 2.90.